The van der Waals surface area contributed by atoms with Gasteiger partial charge in [-0.3, -0.25) is 9.59 Å². The topological polar surface area (TPSA) is 49.9 Å². The van der Waals surface area contributed by atoms with Gasteiger partial charge in [0.05, 0.1) is 12.5 Å². The number of amides is 1. The molecule has 120 valence electrons. The number of nitrogens with zero attached hydrogens (tertiary/aromatic N) is 2. The SMILES string of the molecule is CCOC(=O)C1CCN(C(=O)C2CCN(CC)CC2)CC1. The van der Waals surface area contributed by atoms with E-state index >= 15 is 0 Å². The molecule has 0 aliphatic carbocycles. The largest absolute Gasteiger partial charge is 0.466 e. The van der Waals surface area contributed by atoms with Crippen molar-refractivity contribution >= 4 is 11.9 Å². The monoisotopic (exact) mass is 296 g/mol. The normalized spacial score (nSPS) is 22.3. The molecule has 0 radical (unpaired) electrons. The fourth-order valence-electron chi connectivity index (χ4n) is 3.35. The van der Waals surface area contributed by atoms with Crippen molar-refractivity contribution in [2.75, 3.05) is 39.3 Å². The maximum Gasteiger partial charge on any atom is 0.309 e. The number of esters is 1. The first-order valence-corrected chi connectivity index (χ1v) is 8.33. The van der Waals surface area contributed by atoms with Crippen molar-refractivity contribution in [1.29, 1.82) is 0 Å². The molecule has 0 saturated carbocycles. The molecular formula is C16H28N2O3. The number of ether oxygens (including phenoxy) is 1. The number of carbonyl (C=O) groups excluding carboxylic acids is 2. The Labute approximate surface area is 127 Å². The van der Waals surface area contributed by atoms with Crippen molar-refractivity contribution in [3.8, 4) is 0 Å². The second-order valence-corrected chi connectivity index (χ2v) is 6.06. The van der Waals surface area contributed by atoms with Gasteiger partial charge in [0, 0.05) is 19.0 Å². The highest BCUT2D eigenvalue weighted by Gasteiger charge is 2.32. The molecule has 0 N–H and O–H groups in total. The van der Waals surface area contributed by atoms with E-state index in [1.54, 1.807) is 0 Å². The average molecular weight is 296 g/mol. The summed E-state index contributed by atoms with van der Waals surface area (Å²) in [5.74, 6) is 0.372. The molecule has 2 aliphatic heterocycles. The summed E-state index contributed by atoms with van der Waals surface area (Å²) in [7, 11) is 0. The van der Waals surface area contributed by atoms with Gasteiger partial charge in [-0.1, -0.05) is 6.92 Å². The molecular weight excluding hydrogens is 268 g/mol. The molecule has 5 nitrogen and oxygen atoms in total. The van der Waals surface area contributed by atoms with Crippen molar-refractivity contribution in [1.82, 2.24) is 9.80 Å². The molecule has 1 amide bonds. The van der Waals surface area contributed by atoms with Gasteiger partial charge in [-0.15, -0.1) is 0 Å². The zero-order chi connectivity index (χ0) is 15.2. The fourth-order valence-corrected chi connectivity index (χ4v) is 3.35. The predicted molar refractivity (Wildman–Crippen MR) is 80.8 cm³/mol. The second kappa shape index (κ2) is 7.78. The Morgan fingerprint density at radius 1 is 0.952 bits per heavy atom. The molecule has 0 atom stereocenters. The van der Waals surface area contributed by atoms with Gasteiger partial charge in [0.1, 0.15) is 0 Å². The molecule has 2 fully saturated rings. The van der Waals surface area contributed by atoms with Crippen LogP contribution in [0.5, 0.6) is 0 Å². The van der Waals surface area contributed by atoms with E-state index in [2.05, 4.69) is 11.8 Å². The number of hydrogen-bond donors (Lipinski definition) is 0. The van der Waals surface area contributed by atoms with E-state index in [1.807, 2.05) is 11.8 Å². The summed E-state index contributed by atoms with van der Waals surface area (Å²) in [6.45, 7) is 8.99. The molecule has 2 saturated heterocycles. The van der Waals surface area contributed by atoms with E-state index in [-0.39, 0.29) is 17.8 Å². The van der Waals surface area contributed by atoms with Crippen LogP contribution < -0.4 is 0 Å². The molecule has 0 bridgehead atoms. The van der Waals surface area contributed by atoms with Crippen LogP contribution >= 0.6 is 0 Å². The molecule has 0 aromatic carbocycles. The van der Waals surface area contributed by atoms with Gasteiger partial charge in [0.15, 0.2) is 0 Å². The highest BCUT2D eigenvalue weighted by Crippen LogP contribution is 2.24. The second-order valence-electron chi connectivity index (χ2n) is 6.06. The van der Waals surface area contributed by atoms with E-state index in [9.17, 15) is 9.59 Å². The van der Waals surface area contributed by atoms with Crippen molar-refractivity contribution in [2.24, 2.45) is 11.8 Å². The number of hydrogen-bond acceptors (Lipinski definition) is 4. The summed E-state index contributed by atoms with van der Waals surface area (Å²) < 4.78 is 5.07. The minimum absolute atomic E-state index is 0.0176. The first kappa shape index (κ1) is 16.3. The van der Waals surface area contributed by atoms with Gasteiger partial charge in [0.2, 0.25) is 5.91 Å². The third-order valence-electron chi connectivity index (χ3n) is 4.81. The van der Waals surface area contributed by atoms with Crippen LogP contribution in [0.15, 0.2) is 0 Å². The van der Waals surface area contributed by atoms with Crippen molar-refractivity contribution in [2.45, 2.75) is 39.5 Å². The van der Waals surface area contributed by atoms with Gasteiger partial charge < -0.3 is 14.5 Å². The first-order chi connectivity index (χ1) is 10.2. The summed E-state index contributed by atoms with van der Waals surface area (Å²) in [5.41, 5.74) is 0. The molecule has 0 spiro atoms. The molecule has 2 heterocycles. The molecule has 0 unspecified atom stereocenters. The maximum atomic E-state index is 12.5. The standard InChI is InChI=1S/C16H28N2O3/c1-3-17-9-5-13(6-10-17)15(19)18-11-7-14(8-12-18)16(20)21-4-2/h13-14H,3-12H2,1-2H3. The van der Waals surface area contributed by atoms with Crippen LogP contribution in [-0.4, -0.2) is 61.0 Å². The zero-order valence-corrected chi connectivity index (χ0v) is 13.3. The Morgan fingerprint density at radius 3 is 2.05 bits per heavy atom. The minimum Gasteiger partial charge on any atom is -0.466 e. The highest BCUT2D eigenvalue weighted by molar-refractivity contribution is 5.79. The minimum atomic E-state index is -0.0964. The Bertz CT molecular complexity index is 357. The lowest BCUT2D eigenvalue weighted by molar-refractivity contribution is -0.152. The Balaban J connectivity index is 1.77. The lowest BCUT2D eigenvalue weighted by Gasteiger charge is -2.36. The van der Waals surface area contributed by atoms with Crippen LogP contribution in [0.2, 0.25) is 0 Å². The Hall–Kier alpha value is -1.10. The Kier molecular flexibility index (Phi) is 6.03. The number of likely N-dealkylation sites (tertiary alicyclic amines) is 2. The highest BCUT2D eigenvalue weighted by atomic mass is 16.5. The zero-order valence-electron chi connectivity index (χ0n) is 13.3. The fraction of sp³-hybridized carbons (Fsp3) is 0.875. The van der Waals surface area contributed by atoms with Crippen LogP contribution in [0.3, 0.4) is 0 Å². The van der Waals surface area contributed by atoms with Crippen LogP contribution in [0.4, 0.5) is 0 Å². The summed E-state index contributed by atoms with van der Waals surface area (Å²) in [6, 6.07) is 0. The number of piperidine rings is 2. The molecule has 0 aromatic heterocycles. The van der Waals surface area contributed by atoms with E-state index < -0.39 is 0 Å². The molecule has 2 rings (SSSR count). The lowest BCUT2D eigenvalue weighted by atomic mass is 9.92. The van der Waals surface area contributed by atoms with Crippen molar-refractivity contribution in [3.63, 3.8) is 0 Å². The number of carbonyl (C=O) groups is 2. The summed E-state index contributed by atoms with van der Waals surface area (Å²) >= 11 is 0. The van der Waals surface area contributed by atoms with Crippen LogP contribution in [0, 0.1) is 11.8 Å². The van der Waals surface area contributed by atoms with E-state index in [0.717, 1.165) is 45.3 Å². The smallest absolute Gasteiger partial charge is 0.309 e. The molecule has 2 aliphatic rings. The van der Waals surface area contributed by atoms with E-state index in [1.165, 1.54) is 0 Å². The van der Waals surface area contributed by atoms with Crippen LogP contribution in [0.25, 0.3) is 0 Å². The summed E-state index contributed by atoms with van der Waals surface area (Å²) in [6.07, 6.45) is 3.45. The van der Waals surface area contributed by atoms with Gasteiger partial charge in [-0.05, 0) is 52.2 Å². The lowest BCUT2D eigenvalue weighted by Crippen LogP contribution is -2.46. The van der Waals surface area contributed by atoms with Crippen LogP contribution in [0.1, 0.15) is 39.5 Å². The van der Waals surface area contributed by atoms with Crippen molar-refractivity contribution in [3.05, 3.63) is 0 Å². The number of rotatable bonds is 4. The third-order valence-corrected chi connectivity index (χ3v) is 4.81. The predicted octanol–water partition coefficient (Wildman–Crippen LogP) is 1.52. The molecule has 21 heavy (non-hydrogen) atoms. The van der Waals surface area contributed by atoms with Gasteiger partial charge in [-0.2, -0.15) is 0 Å². The van der Waals surface area contributed by atoms with Gasteiger partial charge in [0.25, 0.3) is 0 Å². The quantitative estimate of drug-likeness (QED) is 0.738. The van der Waals surface area contributed by atoms with E-state index in [4.69, 9.17) is 4.74 Å². The summed E-state index contributed by atoms with van der Waals surface area (Å²) in [4.78, 5) is 28.6. The van der Waals surface area contributed by atoms with Crippen LogP contribution in [-0.2, 0) is 14.3 Å². The van der Waals surface area contributed by atoms with E-state index in [0.29, 0.717) is 25.6 Å². The first-order valence-electron chi connectivity index (χ1n) is 8.33. The summed E-state index contributed by atoms with van der Waals surface area (Å²) in [5, 5.41) is 0. The Morgan fingerprint density at radius 2 is 1.52 bits per heavy atom. The van der Waals surface area contributed by atoms with Gasteiger partial charge in [-0.25, -0.2) is 0 Å². The average Bonchev–Trinajstić information content (AvgIpc) is 2.54. The molecule has 0 aromatic rings. The van der Waals surface area contributed by atoms with Gasteiger partial charge >= 0.3 is 5.97 Å². The third kappa shape index (κ3) is 4.19. The van der Waals surface area contributed by atoms with Crippen molar-refractivity contribution < 1.29 is 14.3 Å². The molecule has 5 heteroatoms. The maximum absolute atomic E-state index is 12.5.